The van der Waals surface area contributed by atoms with Crippen LogP contribution in [-0.2, 0) is 29.1 Å². The van der Waals surface area contributed by atoms with Gasteiger partial charge in [0.05, 0.1) is 6.04 Å². The van der Waals surface area contributed by atoms with Gasteiger partial charge in [0.25, 0.3) is 0 Å². The summed E-state index contributed by atoms with van der Waals surface area (Å²) in [5, 5.41) is 9.01. The van der Waals surface area contributed by atoms with E-state index in [-0.39, 0.29) is 41.7 Å². The summed E-state index contributed by atoms with van der Waals surface area (Å²) in [6, 6.07) is 18.1. The maximum absolute atomic E-state index is 14.3. The van der Waals surface area contributed by atoms with Crippen molar-refractivity contribution in [3.8, 4) is 0 Å². The molecule has 0 radical (unpaired) electrons. The third-order valence-electron chi connectivity index (χ3n) is 11.6. The van der Waals surface area contributed by atoms with Gasteiger partial charge in [-0.15, -0.1) is 12.4 Å². The highest BCUT2D eigenvalue weighted by Crippen LogP contribution is 2.47. The van der Waals surface area contributed by atoms with Crippen molar-refractivity contribution in [1.29, 1.82) is 0 Å². The van der Waals surface area contributed by atoms with Crippen LogP contribution in [0.25, 0.3) is 0 Å². The molecule has 0 spiro atoms. The quantitative estimate of drug-likeness (QED) is 0.213. The lowest BCUT2D eigenvalue weighted by Gasteiger charge is -2.48. The third-order valence-corrected chi connectivity index (χ3v) is 11.8. The fraction of sp³-hybridized carbons (Fsp3) is 0.590. The first-order valence-corrected chi connectivity index (χ1v) is 18.6. The van der Waals surface area contributed by atoms with Crippen molar-refractivity contribution in [2.24, 2.45) is 17.3 Å². The predicted molar refractivity (Wildman–Crippen MR) is 197 cm³/mol. The van der Waals surface area contributed by atoms with Crippen molar-refractivity contribution < 1.29 is 9.59 Å². The summed E-state index contributed by atoms with van der Waals surface area (Å²) in [5.41, 5.74) is 2.43. The molecule has 1 atom stereocenters. The normalized spacial score (nSPS) is 21.8. The first-order chi connectivity index (χ1) is 23.4. The van der Waals surface area contributed by atoms with Crippen LogP contribution in [-0.4, -0.2) is 68.6 Å². The van der Waals surface area contributed by atoms with Crippen LogP contribution < -0.4 is 5.32 Å². The number of nitrogens with one attached hydrogen (secondary N) is 1. The summed E-state index contributed by atoms with van der Waals surface area (Å²) in [6.07, 6.45) is 17.2. The lowest BCUT2D eigenvalue weighted by Crippen LogP contribution is -2.55. The molecule has 1 N–H and O–H groups in total. The van der Waals surface area contributed by atoms with Crippen molar-refractivity contribution in [2.45, 2.75) is 109 Å². The van der Waals surface area contributed by atoms with Gasteiger partial charge in [0, 0.05) is 50.7 Å². The number of aromatic nitrogens is 3. The fourth-order valence-corrected chi connectivity index (χ4v) is 8.81. The number of benzene rings is 2. The Morgan fingerprint density at radius 1 is 0.939 bits per heavy atom. The van der Waals surface area contributed by atoms with Crippen molar-refractivity contribution in [3.05, 3.63) is 83.4 Å². The van der Waals surface area contributed by atoms with E-state index in [9.17, 15) is 9.59 Å². The standard InChI is InChI=1S/C39H53ClN6O2.ClH/c1-44(26-32-8-4-2-5-9-32)37(47)25-31-14-18-35(19-15-31)43-36(24-30-12-16-34(40)17-13-30)38(48)45-22-20-39(21-23-45,27-46-29-41-28-42-46)33-10-6-3-7-11-33;/h2,4-5,8-9,12-13,16-17,28-29,31,33,35-36,43H,3,6-7,10-11,14-15,18-27H2,1H3;1H/t31?,35?,36-;/m1./s1. The molecule has 1 saturated heterocycles. The number of halogens is 2. The molecule has 49 heavy (non-hydrogen) atoms. The zero-order valence-electron chi connectivity index (χ0n) is 29.0. The van der Waals surface area contributed by atoms with Crippen LogP contribution in [0.4, 0.5) is 0 Å². The molecule has 0 unspecified atom stereocenters. The molecule has 0 bridgehead atoms. The Kier molecular flexibility index (Phi) is 13.6. The second-order valence-corrected chi connectivity index (χ2v) is 15.3. The number of rotatable bonds is 12. The Hall–Kier alpha value is -2.94. The van der Waals surface area contributed by atoms with Gasteiger partial charge in [-0.3, -0.25) is 14.3 Å². The van der Waals surface area contributed by atoms with Crippen LogP contribution in [0.5, 0.6) is 0 Å². The highest BCUT2D eigenvalue weighted by Gasteiger charge is 2.44. The number of hydrogen-bond donors (Lipinski definition) is 1. The van der Waals surface area contributed by atoms with Crippen molar-refractivity contribution in [3.63, 3.8) is 0 Å². The maximum Gasteiger partial charge on any atom is 0.240 e. The SMILES string of the molecule is CN(Cc1ccccc1)C(=O)CC1CCC(N[C@H](Cc2ccc(Cl)cc2)C(=O)N2CCC(Cn3cncn3)(C3CCCCC3)CC2)CC1.Cl. The number of carbonyl (C=O) groups is 2. The average molecular weight is 710 g/mol. The van der Waals surface area contributed by atoms with Gasteiger partial charge >= 0.3 is 0 Å². The Morgan fingerprint density at radius 3 is 2.29 bits per heavy atom. The summed E-state index contributed by atoms with van der Waals surface area (Å²) < 4.78 is 2.02. The fourth-order valence-electron chi connectivity index (χ4n) is 8.68. The van der Waals surface area contributed by atoms with Gasteiger partial charge in [-0.05, 0) is 98.3 Å². The largest absolute Gasteiger partial charge is 0.341 e. The van der Waals surface area contributed by atoms with Crippen LogP contribution >= 0.6 is 24.0 Å². The molecule has 1 aromatic heterocycles. The predicted octanol–water partition coefficient (Wildman–Crippen LogP) is 7.35. The molecule has 1 aliphatic heterocycles. The van der Waals surface area contributed by atoms with Crippen molar-refractivity contribution in [2.75, 3.05) is 20.1 Å². The molecular formula is C39H54Cl2N6O2. The minimum atomic E-state index is -0.288. The Bertz CT molecular complexity index is 1430. The van der Waals surface area contributed by atoms with E-state index in [2.05, 4.69) is 32.4 Å². The molecule has 266 valence electrons. The van der Waals surface area contributed by atoms with Gasteiger partial charge in [0.15, 0.2) is 0 Å². The lowest BCUT2D eigenvalue weighted by atomic mass is 9.63. The summed E-state index contributed by atoms with van der Waals surface area (Å²) >= 11 is 6.21. The number of piperidine rings is 1. The zero-order valence-corrected chi connectivity index (χ0v) is 30.6. The first-order valence-electron chi connectivity index (χ1n) is 18.3. The van der Waals surface area contributed by atoms with Crippen LogP contribution in [0, 0.1) is 17.3 Å². The van der Waals surface area contributed by atoms with Gasteiger partial charge in [0.2, 0.25) is 11.8 Å². The van der Waals surface area contributed by atoms with Gasteiger partial charge in [0.1, 0.15) is 12.7 Å². The minimum Gasteiger partial charge on any atom is -0.341 e. The average Bonchev–Trinajstić information content (AvgIpc) is 3.63. The maximum atomic E-state index is 14.3. The van der Waals surface area contributed by atoms with Crippen molar-refractivity contribution >= 4 is 35.8 Å². The molecule has 2 saturated carbocycles. The van der Waals surface area contributed by atoms with E-state index in [0.29, 0.717) is 36.2 Å². The van der Waals surface area contributed by atoms with E-state index in [0.717, 1.165) is 69.3 Å². The number of carbonyl (C=O) groups excluding carboxylic acids is 2. The Morgan fingerprint density at radius 2 is 1.63 bits per heavy atom. The molecule has 2 heterocycles. The molecule has 2 aromatic carbocycles. The second kappa shape index (κ2) is 17.8. The summed E-state index contributed by atoms with van der Waals surface area (Å²) in [4.78, 5) is 35.6. The molecule has 3 aliphatic rings. The summed E-state index contributed by atoms with van der Waals surface area (Å²) in [6.45, 7) is 3.10. The monoisotopic (exact) mass is 708 g/mol. The Labute approximate surface area is 303 Å². The summed E-state index contributed by atoms with van der Waals surface area (Å²) in [7, 11) is 1.91. The van der Waals surface area contributed by atoms with Crippen LogP contribution in [0.3, 0.4) is 0 Å². The molecule has 10 heteroatoms. The molecule has 2 amide bonds. The topological polar surface area (TPSA) is 83.4 Å². The highest BCUT2D eigenvalue weighted by atomic mass is 35.5. The van der Waals surface area contributed by atoms with Crippen LogP contribution in [0.15, 0.2) is 67.3 Å². The van der Waals surface area contributed by atoms with Crippen molar-refractivity contribution in [1.82, 2.24) is 29.9 Å². The van der Waals surface area contributed by atoms with Crippen LogP contribution in [0.1, 0.15) is 88.2 Å². The molecule has 6 rings (SSSR count). The van der Waals surface area contributed by atoms with Gasteiger partial charge in [-0.1, -0.05) is 73.3 Å². The molecular weight excluding hydrogens is 655 g/mol. The summed E-state index contributed by atoms with van der Waals surface area (Å²) in [5.74, 6) is 1.49. The van der Waals surface area contributed by atoms with E-state index in [1.807, 2.05) is 65.4 Å². The number of nitrogens with zero attached hydrogens (tertiary/aromatic N) is 5. The lowest BCUT2D eigenvalue weighted by molar-refractivity contribution is -0.137. The van der Waals surface area contributed by atoms with E-state index < -0.39 is 0 Å². The van der Waals surface area contributed by atoms with Crippen LogP contribution in [0.2, 0.25) is 5.02 Å². The van der Waals surface area contributed by atoms with Gasteiger partial charge in [-0.2, -0.15) is 5.10 Å². The first kappa shape index (κ1) is 37.3. The highest BCUT2D eigenvalue weighted by molar-refractivity contribution is 6.30. The molecule has 2 aliphatic carbocycles. The van der Waals surface area contributed by atoms with E-state index in [4.69, 9.17) is 11.6 Å². The third kappa shape index (κ3) is 10.1. The molecule has 3 aromatic rings. The Balaban J connectivity index is 0.00000468. The molecule has 8 nitrogen and oxygen atoms in total. The molecule has 3 fully saturated rings. The number of likely N-dealkylation sites (tertiary alicyclic amines) is 1. The number of hydrogen-bond acceptors (Lipinski definition) is 5. The van der Waals surface area contributed by atoms with E-state index >= 15 is 0 Å². The smallest absolute Gasteiger partial charge is 0.240 e. The van der Waals surface area contributed by atoms with E-state index in [1.54, 1.807) is 6.33 Å². The zero-order chi connectivity index (χ0) is 33.3. The number of amides is 2. The van der Waals surface area contributed by atoms with E-state index in [1.165, 1.54) is 32.1 Å². The van der Waals surface area contributed by atoms with Gasteiger partial charge in [-0.25, -0.2) is 4.98 Å². The van der Waals surface area contributed by atoms with Gasteiger partial charge < -0.3 is 15.1 Å². The minimum absolute atomic E-state index is 0. The second-order valence-electron chi connectivity index (χ2n) is 14.8.